The zero-order valence-corrected chi connectivity index (χ0v) is 8.37. The molecule has 1 aromatic carbocycles. The minimum Gasteiger partial charge on any atom is -0.371 e. The molecule has 1 N–H and O–H groups in total. The molecule has 0 aromatic heterocycles. The van der Waals surface area contributed by atoms with Crippen LogP contribution in [0.3, 0.4) is 0 Å². The Kier molecular flexibility index (Phi) is 2.73. The smallest absolute Gasteiger partial charge is 0.0400 e. The number of anilines is 2. The van der Waals surface area contributed by atoms with Crippen molar-refractivity contribution in [1.82, 2.24) is 0 Å². The highest BCUT2D eigenvalue weighted by Crippen LogP contribution is 2.23. The van der Waals surface area contributed by atoms with Gasteiger partial charge in [0, 0.05) is 24.5 Å². The maximum Gasteiger partial charge on any atom is 0.0400 e. The average molecular weight is 188 g/mol. The fraction of sp³-hybridized carbons (Fsp3) is 0.333. The molecule has 1 fully saturated rings. The molecule has 0 amide bonds. The Morgan fingerprint density at radius 3 is 2.79 bits per heavy atom. The lowest BCUT2D eigenvalue weighted by Crippen LogP contribution is -2.17. The molecular formula is C12H16N2. The molecule has 2 rings (SSSR count). The maximum absolute atomic E-state index is 3.66. The fourth-order valence-electron chi connectivity index (χ4n) is 1.89. The molecule has 0 unspecified atom stereocenters. The summed E-state index contributed by atoms with van der Waals surface area (Å²) >= 11 is 0. The first-order valence-electron chi connectivity index (χ1n) is 5.12. The van der Waals surface area contributed by atoms with Crippen molar-refractivity contribution in [3.8, 4) is 0 Å². The predicted octanol–water partition coefficient (Wildman–Crippen LogP) is 2.84. The standard InChI is InChI=1S/C12H16N2/c1-2-13-11-6-5-7-12(10-11)14-8-3-4-9-14/h2,5-7,10,13H,1,3-4,8-9H2. The van der Waals surface area contributed by atoms with E-state index in [2.05, 4.69) is 41.1 Å². The van der Waals surface area contributed by atoms with E-state index in [9.17, 15) is 0 Å². The molecule has 1 aliphatic heterocycles. The highest BCUT2D eigenvalue weighted by molar-refractivity contribution is 5.59. The second-order valence-corrected chi connectivity index (χ2v) is 3.59. The second kappa shape index (κ2) is 4.18. The molecule has 2 nitrogen and oxygen atoms in total. The van der Waals surface area contributed by atoms with Crippen molar-refractivity contribution in [2.45, 2.75) is 12.8 Å². The van der Waals surface area contributed by atoms with Crippen LogP contribution in [0.15, 0.2) is 37.0 Å². The molecule has 0 atom stereocenters. The number of rotatable bonds is 3. The van der Waals surface area contributed by atoms with E-state index >= 15 is 0 Å². The summed E-state index contributed by atoms with van der Waals surface area (Å²) in [7, 11) is 0. The zero-order valence-electron chi connectivity index (χ0n) is 8.37. The van der Waals surface area contributed by atoms with Gasteiger partial charge >= 0.3 is 0 Å². The minimum absolute atomic E-state index is 1.12. The van der Waals surface area contributed by atoms with Gasteiger partial charge in [-0.2, -0.15) is 0 Å². The second-order valence-electron chi connectivity index (χ2n) is 3.59. The van der Waals surface area contributed by atoms with Crippen molar-refractivity contribution >= 4 is 11.4 Å². The maximum atomic E-state index is 3.66. The van der Waals surface area contributed by atoms with Crippen LogP contribution in [0.25, 0.3) is 0 Å². The van der Waals surface area contributed by atoms with Crippen molar-refractivity contribution in [3.05, 3.63) is 37.0 Å². The van der Waals surface area contributed by atoms with Gasteiger partial charge in [0.2, 0.25) is 0 Å². The van der Waals surface area contributed by atoms with E-state index < -0.39 is 0 Å². The van der Waals surface area contributed by atoms with Gasteiger partial charge in [0.1, 0.15) is 0 Å². The van der Waals surface area contributed by atoms with Crippen LogP contribution in [0.4, 0.5) is 11.4 Å². The van der Waals surface area contributed by atoms with E-state index in [0.29, 0.717) is 0 Å². The van der Waals surface area contributed by atoms with Crippen molar-refractivity contribution in [1.29, 1.82) is 0 Å². The van der Waals surface area contributed by atoms with Gasteiger partial charge in [-0.15, -0.1) is 0 Å². The third-order valence-corrected chi connectivity index (χ3v) is 2.59. The van der Waals surface area contributed by atoms with Crippen LogP contribution in [0.5, 0.6) is 0 Å². The Morgan fingerprint density at radius 2 is 2.07 bits per heavy atom. The van der Waals surface area contributed by atoms with Gasteiger partial charge in [0.25, 0.3) is 0 Å². The van der Waals surface area contributed by atoms with E-state index in [-0.39, 0.29) is 0 Å². The van der Waals surface area contributed by atoms with Crippen molar-refractivity contribution in [2.75, 3.05) is 23.3 Å². The van der Waals surface area contributed by atoms with Crippen molar-refractivity contribution in [2.24, 2.45) is 0 Å². The first-order valence-corrected chi connectivity index (χ1v) is 5.12. The summed E-state index contributed by atoms with van der Waals surface area (Å²) < 4.78 is 0. The minimum atomic E-state index is 1.12. The highest BCUT2D eigenvalue weighted by atomic mass is 15.1. The first kappa shape index (κ1) is 9.13. The molecule has 74 valence electrons. The molecule has 2 heteroatoms. The Morgan fingerprint density at radius 1 is 1.29 bits per heavy atom. The highest BCUT2D eigenvalue weighted by Gasteiger charge is 2.11. The lowest BCUT2D eigenvalue weighted by Gasteiger charge is -2.18. The van der Waals surface area contributed by atoms with Gasteiger partial charge in [-0.05, 0) is 37.2 Å². The van der Waals surface area contributed by atoms with Crippen molar-refractivity contribution in [3.63, 3.8) is 0 Å². The first-order chi connectivity index (χ1) is 6.90. The van der Waals surface area contributed by atoms with Gasteiger partial charge in [0.15, 0.2) is 0 Å². The van der Waals surface area contributed by atoms with E-state index in [0.717, 1.165) is 5.69 Å². The van der Waals surface area contributed by atoms with Crippen molar-refractivity contribution < 1.29 is 0 Å². The molecule has 1 heterocycles. The molecule has 1 saturated heterocycles. The number of hydrogen-bond donors (Lipinski definition) is 1. The summed E-state index contributed by atoms with van der Waals surface area (Å²) in [6.45, 7) is 6.04. The summed E-state index contributed by atoms with van der Waals surface area (Å²) in [4.78, 5) is 2.42. The van der Waals surface area contributed by atoms with Crippen LogP contribution in [0.2, 0.25) is 0 Å². The normalized spacial score (nSPS) is 15.6. The van der Waals surface area contributed by atoms with E-state index in [1.165, 1.54) is 31.6 Å². The Hall–Kier alpha value is -1.44. The molecule has 0 spiro atoms. The summed E-state index contributed by atoms with van der Waals surface area (Å²) in [5, 5.41) is 3.11. The topological polar surface area (TPSA) is 15.3 Å². The quantitative estimate of drug-likeness (QED) is 0.784. The van der Waals surface area contributed by atoms with Crippen LogP contribution >= 0.6 is 0 Å². The van der Waals surface area contributed by atoms with Crippen LogP contribution in [0.1, 0.15) is 12.8 Å². The molecule has 14 heavy (non-hydrogen) atoms. The molecule has 0 saturated carbocycles. The molecule has 1 aromatic rings. The number of nitrogens with one attached hydrogen (secondary N) is 1. The summed E-state index contributed by atoms with van der Waals surface area (Å²) in [5.74, 6) is 0. The summed E-state index contributed by atoms with van der Waals surface area (Å²) in [5.41, 5.74) is 2.43. The number of nitrogens with zero attached hydrogens (tertiary/aromatic N) is 1. The van der Waals surface area contributed by atoms with E-state index in [1.807, 2.05) is 0 Å². The van der Waals surface area contributed by atoms with Crippen LogP contribution < -0.4 is 10.2 Å². The lowest BCUT2D eigenvalue weighted by atomic mass is 10.2. The van der Waals surface area contributed by atoms with Gasteiger partial charge < -0.3 is 10.2 Å². The van der Waals surface area contributed by atoms with E-state index in [4.69, 9.17) is 0 Å². The van der Waals surface area contributed by atoms with Crippen LogP contribution in [0, 0.1) is 0 Å². The molecule has 1 aliphatic rings. The van der Waals surface area contributed by atoms with Gasteiger partial charge in [0.05, 0.1) is 0 Å². The zero-order chi connectivity index (χ0) is 9.80. The Labute approximate surface area is 85.2 Å². The molecule has 0 radical (unpaired) electrons. The third kappa shape index (κ3) is 1.90. The average Bonchev–Trinajstić information content (AvgIpc) is 2.71. The fourth-order valence-corrected chi connectivity index (χ4v) is 1.89. The lowest BCUT2D eigenvalue weighted by molar-refractivity contribution is 0.949. The third-order valence-electron chi connectivity index (χ3n) is 2.59. The molecular weight excluding hydrogens is 172 g/mol. The van der Waals surface area contributed by atoms with Gasteiger partial charge in [-0.1, -0.05) is 12.6 Å². The number of benzene rings is 1. The number of hydrogen-bond acceptors (Lipinski definition) is 2. The largest absolute Gasteiger partial charge is 0.371 e. The van der Waals surface area contributed by atoms with Gasteiger partial charge in [-0.3, -0.25) is 0 Å². The predicted molar refractivity (Wildman–Crippen MR) is 61.7 cm³/mol. The van der Waals surface area contributed by atoms with E-state index in [1.54, 1.807) is 6.20 Å². The SMILES string of the molecule is C=CNc1cccc(N2CCCC2)c1. The Bertz CT molecular complexity index is 314. The van der Waals surface area contributed by atoms with Gasteiger partial charge in [-0.25, -0.2) is 0 Å². The molecule has 0 aliphatic carbocycles. The van der Waals surface area contributed by atoms with Crippen LogP contribution in [-0.4, -0.2) is 13.1 Å². The molecule has 0 bridgehead atoms. The summed E-state index contributed by atoms with van der Waals surface area (Å²) in [6, 6.07) is 8.48. The monoisotopic (exact) mass is 188 g/mol. The van der Waals surface area contributed by atoms with Crippen LogP contribution in [-0.2, 0) is 0 Å². The Balaban J connectivity index is 2.16. The summed E-state index contributed by atoms with van der Waals surface area (Å²) in [6.07, 6.45) is 4.35.